The third-order valence-corrected chi connectivity index (χ3v) is 9.02. The van der Waals surface area contributed by atoms with E-state index in [9.17, 15) is 9.90 Å². The Kier molecular flexibility index (Phi) is 6.89. The monoisotopic (exact) mass is 361 g/mol. The molecule has 142 valence electrons. The Morgan fingerprint density at radius 1 is 1.21 bits per heavy atom. The lowest BCUT2D eigenvalue weighted by molar-refractivity contribution is -0.0116. The number of hydrogen-bond donors (Lipinski definition) is 1. The Labute approximate surface area is 147 Å². The minimum atomic E-state index is -1.98. The van der Waals surface area contributed by atoms with Crippen molar-refractivity contribution in [1.82, 2.24) is 4.90 Å². The average molecular weight is 362 g/mol. The molecule has 1 aliphatic rings. The molecule has 1 N–H and O–H groups in total. The van der Waals surface area contributed by atoms with Crippen LogP contribution in [0.5, 0.6) is 0 Å². The molecule has 0 aromatic rings. The molecule has 0 saturated carbocycles. The maximum Gasteiger partial charge on any atom is 0.410 e. The normalized spacial score (nSPS) is 23.8. The highest BCUT2D eigenvalue weighted by Gasteiger charge is 2.41. The number of amides is 1. The number of carbonyl (C=O) groups excluding carboxylic acids is 1. The summed E-state index contributed by atoms with van der Waals surface area (Å²) in [5, 5.41) is 9.54. The van der Waals surface area contributed by atoms with E-state index in [0.29, 0.717) is 19.7 Å². The highest BCUT2D eigenvalue weighted by atomic mass is 28.4. The number of rotatable bonds is 3. The molecule has 24 heavy (non-hydrogen) atoms. The van der Waals surface area contributed by atoms with E-state index in [0.717, 1.165) is 0 Å². The number of aliphatic hydroxyl groups is 1. The second-order valence-corrected chi connectivity index (χ2v) is 13.8. The van der Waals surface area contributed by atoms with Gasteiger partial charge in [-0.15, -0.1) is 0 Å². The molecule has 0 unspecified atom stereocenters. The summed E-state index contributed by atoms with van der Waals surface area (Å²) in [5.41, 5.74) is -0.561. The van der Waals surface area contributed by atoms with Crippen molar-refractivity contribution in [2.75, 3.05) is 26.3 Å². The molecular weight excluding hydrogens is 326 g/mol. The minimum absolute atomic E-state index is 0.0758. The Hall–Kier alpha value is -0.633. The van der Waals surface area contributed by atoms with Gasteiger partial charge in [-0.3, -0.25) is 0 Å². The Bertz CT molecular complexity index is 428. The number of carbonyl (C=O) groups is 1. The molecule has 1 heterocycles. The molecule has 1 amide bonds. The van der Waals surface area contributed by atoms with Gasteiger partial charge in [-0.05, 0) is 38.9 Å². The van der Waals surface area contributed by atoms with Crippen LogP contribution in [-0.4, -0.2) is 68.5 Å². The van der Waals surface area contributed by atoms with E-state index in [-0.39, 0.29) is 17.7 Å². The SMILES string of the molecule is CC(C)(C)OC(=O)N1C[C@@H](CO)OC[C@H](O[Si](C)(C)C(C)(C)C)C1. The van der Waals surface area contributed by atoms with Gasteiger partial charge in [0.15, 0.2) is 8.32 Å². The van der Waals surface area contributed by atoms with E-state index >= 15 is 0 Å². The van der Waals surface area contributed by atoms with E-state index in [1.165, 1.54) is 0 Å². The van der Waals surface area contributed by atoms with Crippen LogP contribution in [-0.2, 0) is 13.9 Å². The quantitative estimate of drug-likeness (QED) is 0.783. The molecular formula is C17H35NO5Si. The van der Waals surface area contributed by atoms with Gasteiger partial charge >= 0.3 is 6.09 Å². The van der Waals surface area contributed by atoms with Crippen molar-refractivity contribution in [3.63, 3.8) is 0 Å². The van der Waals surface area contributed by atoms with Gasteiger partial charge < -0.3 is 23.9 Å². The molecule has 0 aliphatic carbocycles. The zero-order valence-corrected chi connectivity index (χ0v) is 17.5. The van der Waals surface area contributed by atoms with Gasteiger partial charge in [-0.2, -0.15) is 0 Å². The van der Waals surface area contributed by atoms with Gasteiger partial charge in [-0.1, -0.05) is 20.8 Å². The molecule has 0 bridgehead atoms. The highest BCUT2D eigenvalue weighted by molar-refractivity contribution is 6.74. The van der Waals surface area contributed by atoms with Gasteiger partial charge in [0.25, 0.3) is 0 Å². The van der Waals surface area contributed by atoms with Crippen molar-refractivity contribution in [2.24, 2.45) is 0 Å². The predicted molar refractivity (Wildman–Crippen MR) is 96.7 cm³/mol. The summed E-state index contributed by atoms with van der Waals surface area (Å²) in [4.78, 5) is 14.1. The lowest BCUT2D eigenvalue weighted by Crippen LogP contribution is -2.49. The standard InChI is InChI=1S/C17H35NO5Si/c1-16(2,3)22-15(20)18-9-13(11-19)21-12-14(10-18)23-24(7,8)17(4,5)6/h13-14,19H,9-12H2,1-8H3/t13-,14+/m0/s1. The van der Waals surface area contributed by atoms with Crippen molar-refractivity contribution >= 4 is 14.4 Å². The molecule has 1 aliphatic heterocycles. The van der Waals surface area contributed by atoms with Crippen molar-refractivity contribution in [1.29, 1.82) is 0 Å². The fourth-order valence-corrected chi connectivity index (χ4v) is 3.50. The van der Waals surface area contributed by atoms with Gasteiger partial charge in [0.05, 0.1) is 38.5 Å². The largest absolute Gasteiger partial charge is 0.444 e. The second kappa shape index (κ2) is 7.72. The minimum Gasteiger partial charge on any atom is -0.444 e. The van der Waals surface area contributed by atoms with E-state index in [2.05, 4.69) is 33.9 Å². The molecule has 0 radical (unpaired) electrons. The lowest BCUT2D eigenvalue weighted by Gasteiger charge is -2.39. The van der Waals surface area contributed by atoms with Crippen LogP contribution in [0.3, 0.4) is 0 Å². The van der Waals surface area contributed by atoms with E-state index < -0.39 is 26.1 Å². The first-order chi connectivity index (χ1) is 10.7. The van der Waals surface area contributed by atoms with Crippen LogP contribution in [0.15, 0.2) is 0 Å². The number of ether oxygens (including phenoxy) is 2. The van der Waals surface area contributed by atoms with Crippen molar-refractivity contribution in [3.05, 3.63) is 0 Å². The van der Waals surface area contributed by atoms with E-state index in [1.807, 2.05) is 20.8 Å². The first-order valence-corrected chi connectivity index (χ1v) is 11.5. The molecule has 1 saturated heterocycles. The van der Waals surface area contributed by atoms with Crippen molar-refractivity contribution < 1.29 is 23.8 Å². The fraction of sp³-hybridized carbons (Fsp3) is 0.941. The smallest absolute Gasteiger partial charge is 0.410 e. The number of hydrogen-bond acceptors (Lipinski definition) is 5. The van der Waals surface area contributed by atoms with E-state index in [1.54, 1.807) is 4.90 Å². The van der Waals surface area contributed by atoms with Crippen LogP contribution in [0.2, 0.25) is 18.1 Å². The molecule has 1 rings (SSSR count). The summed E-state index contributed by atoms with van der Waals surface area (Å²) in [6.07, 6.45) is -1.02. The van der Waals surface area contributed by atoms with Gasteiger partial charge in [-0.25, -0.2) is 4.79 Å². The Morgan fingerprint density at radius 3 is 2.25 bits per heavy atom. The summed E-state index contributed by atoms with van der Waals surface area (Å²) < 4.78 is 17.6. The predicted octanol–water partition coefficient (Wildman–Crippen LogP) is 3.01. The zero-order chi connectivity index (χ0) is 18.8. The van der Waals surface area contributed by atoms with Crippen LogP contribution in [0.25, 0.3) is 0 Å². The van der Waals surface area contributed by atoms with Crippen LogP contribution in [0, 0.1) is 0 Å². The molecule has 0 spiro atoms. The second-order valence-electron chi connectivity index (χ2n) is 9.02. The Balaban J connectivity index is 2.87. The molecule has 0 aromatic carbocycles. The van der Waals surface area contributed by atoms with Crippen LogP contribution < -0.4 is 0 Å². The topological polar surface area (TPSA) is 68.2 Å². The average Bonchev–Trinajstić information content (AvgIpc) is 2.57. The molecule has 2 atom stereocenters. The number of nitrogens with zero attached hydrogens (tertiary/aromatic N) is 1. The summed E-state index contributed by atoms with van der Waals surface area (Å²) in [5.74, 6) is 0. The summed E-state index contributed by atoms with van der Waals surface area (Å²) in [6.45, 7) is 17.4. The fourth-order valence-electron chi connectivity index (χ4n) is 2.17. The van der Waals surface area contributed by atoms with Gasteiger partial charge in [0, 0.05) is 0 Å². The lowest BCUT2D eigenvalue weighted by atomic mass is 10.2. The molecule has 0 aromatic heterocycles. The van der Waals surface area contributed by atoms with Gasteiger partial charge in [0.2, 0.25) is 0 Å². The molecule has 7 heteroatoms. The number of aliphatic hydroxyl groups excluding tert-OH is 1. The van der Waals surface area contributed by atoms with Crippen molar-refractivity contribution in [2.45, 2.75) is 77.5 Å². The van der Waals surface area contributed by atoms with Gasteiger partial charge in [0.1, 0.15) is 5.60 Å². The summed E-state index contributed by atoms with van der Waals surface area (Å²) in [7, 11) is -1.98. The maximum atomic E-state index is 12.5. The van der Waals surface area contributed by atoms with Crippen LogP contribution in [0.4, 0.5) is 4.79 Å². The zero-order valence-electron chi connectivity index (χ0n) is 16.5. The maximum absolute atomic E-state index is 12.5. The molecule has 6 nitrogen and oxygen atoms in total. The Morgan fingerprint density at radius 2 is 1.79 bits per heavy atom. The van der Waals surface area contributed by atoms with Crippen LogP contribution >= 0.6 is 0 Å². The third kappa shape index (κ3) is 6.35. The van der Waals surface area contributed by atoms with Crippen molar-refractivity contribution in [3.8, 4) is 0 Å². The first-order valence-electron chi connectivity index (χ1n) is 8.63. The summed E-state index contributed by atoms with van der Waals surface area (Å²) in [6, 6.07) is 0. The summed E-state index contributed by atoms with van der Waals surface area (Å²) >= 11 is 0. The van der Waals surface area contributed by atoms with Crippen LogP contribution in [0.1, 0.15) is 41.5 Å². The highest BCUT2D eigenvalue weighted by Crippen LogP contribution is 2.37. The molecule has 1 fully saturated rings. The third-order valence-electron chi connectivity index (χ3n) is 4.49. The first kappa shape index (κ1) is 21.4. The van der Waals surface area contributed by atoms with E-state index in [4.69, 9.17) is 13.9 Å².